The van der Waals surface area contributed by atoms with Crippen molar-refractivity contribution in [2.45, 2.75) is 19.5 Å². The van der Waals surface area contributed by atoms with E-state index < -0.39 is 5.67 Å². The fourth-order valence-corrected chi connectivity index (χ4v) is 2.30. The average molecular weight is 211 g/mol. The van der Waals surface area contributed by atoms with Crippen LogP contribution in [-0.2, 0) is 5.67 Å². The molecule has 1 heterocycles. The summed E-state index contributed by atoms with van der Waals surface area (Å²) in [4.78, 5) is 0. The Balaban J connectivity index is 2.70. The molecule has 0 unspecified atom stereocenters. The molecular weight excluding hydrogens is 201 g/mol. The van der Waals surface area contributed by atoms with Crippen LogP contribution >= 0.6 is 11.5 Å². The molecule has 1 N–H and O–H groups in total. The summed E-state index contributed by atoms with van der Waals surface area (Å²) in [6.45, 7) is 2.96. The number of rotatable bonds is 1. The van der Waals surface area contributed by atoms with Crippen LogP contribution in [0.15, 0.2) is 18.2 Å². The summed E-state index contributed by atoms with van der Waals surface area (Å²) in [6.07, 6.45) is 0. The van der Waals surface area contributed by atoms with Gasteiger partial charge < -0.3 is 5.11 Å². The van der Waals surface area contributed by atoms with E-state index >= 15 is 0 Å². The highest BCUT2D eigenvalue weighted by atomic mass is 32.1. The number of hydrogen-bond donors (Lipinski definition) is 1. The third-order valence-corrected chi connectivity index (χ3v) is 2.83. The molecule has 2 rings (SSSR count). The Bertz CT molecular complexity index is 472. The van der Waals surface area contributed by atoms with Gasteiger partial charge in [-0.25, -0.2) is 4.39 Å². The van der Waals surface area contributed by atoms with Crippen LogP contribution in [-0.4, -0.2) is 9.48 Å². The maximum atomic E-state index is 13.7. The Labute approximate surface area is 85.2 Å². The van der Waals surface area contributed by atoms with Gasteiger partial charge in [0.05, 0.1) is 10.4 Å². The average Bonchev–Trinajstić information content (AvgIpc) is 2.45. The van der Waals surface area contributed by atoms with Gasteiger partial charge in [-0.15, -0.1) is 0 Å². The molecule has 1 aromatic carbocycles. The summed E-state index contributed by atoms with van der Waals surface area (Å²) in [7, 11) is 0. The third-order valence-electron chi connectivity index (χ3n) is 2.02. The van der Waals surface area contributed by atoms with Crippen LogP contribution in [0.2, 0.25) is 0 Å². The Kier molecular flexibility index (Phi) is 1.96. The lowest BCUT2D eigenvalue weighted by molar-refractivity contribution is 0.218. The van der Waals surface area contributed by atoms with E-state index in [1.165, 1.54) is 25.4 Å². The van der Waals surface area contributed by atoms with E-state index in [2.05, 4.69) is 4.37 Å². The van der Waals surface area contributed by atoms with Gasteiger partial charge in [0.1, 0.15) is 11.4 Å². The highest BCUT2D eigenvalue weighted by Crippen LogP contribution is 2.34. The molecule has 0 amide bonds. The van der Waals surface area contributed by atoms with Crippen LogP contribution in [0.25, 0.3) is 10.1 Å². The second-order valence-electron chi connectivity index (χ2n) is 3.68. The van der Waals surface area contributed by atoms with Crippen molar-refractivity contribution in [3.63, 3.8) is 0 Å². The zero-order chi connectivity index (χ0) is 10.3. The molecule has 0 spiro atoms. The molecule has 0 saturated carbocycles. The number of nitrogens with zero attached hydrogens (tertiary/aromatic N) is 1. The molecule has 0 fully saturated rings. The highest BCUT2D eigenvalue weighted by Gasteiger charge is 2.24. The summed E-state index contributed by atoms with van der Waals surface area (Å²) in [5, 5.41) is 10.0. The normalized spacial score (nSPS) is 12.2. The SMILES string of the molecule is CC(C)(F)c1nsc2cc(O)ccc12. The van der Waals surface area contributed by atoms with Crippen molar-refractivity contribution in [1.82, 2.24) is 4.37 Å². The maximum Gasteiger partial charge on any atom is 0.148 e. The minimum absolute atomic E-state index is 0.185. The molecule has 0 bridgehead atoms. The largest absolute Gasteiger partial charge is 0.508 e. The summed E-state index contributed by atoms with van der Waals surface area (Å²) in [6, 6.07) is 4.85. The number of aromatic hydroxyl groups is 1. The number of benzene rings is 1. The molecular formula is C10H10FNOS. The van der Waals surface area contributed by atoms with E-state index in [4.69, 9.17) is 0 Å². The zero-order valence-corrected chi connectivity index (χ0v) is 8.73. The molecule has 14 heavy (non-hydrogen) atoms. The molecule has 0 aliphatic rings. The summed E-state index contributed by atoms with van der Waals surface area (Å²) in [5.41, 5.74) is -0.993. The molecule has 4 heteroatoms. The van der Waals surface area contributed by atoms with Crippen molar-refractivity contribution in [2.75, 3.05) is 0 Å². The number of hydrogen-bond acceptors (Lipinski definition) is 3. The van der Waals surface area contributed by atoms with Crippen molar-refractivity contribution in [3.8, 4) is 5.75 Å². The molecule has 2 aromatic rings. The predicted octanol–water partition coefficient (Wildman–Crippen LogP) is 3.21. The first-order valence-electron chi connectivity index (χ1n) is 4.26. The van der Waals surface area contributed by atoms with Crippen LogP contribution in [0.5, 0.6) is 5.75 Å². The number of phenolic OH excluding ortho intramolecular Hbond substituents is 1. The molecule has 0 atom stereocenters. The molecule has 0 aliphatic carbocycles. The van der Waals surface area contributed by atoms with Crippen LogP contribution in [0, 0.1) is 0 Å². The van der Waals surface area contributed by atoms with E-state index in [9.17, 15) is 9.50 Å². The van der Waals surface area contributed by atoms with Crippen LogP contribution in [0.3, 0.4) is 0 Å². The number of halogens is 1. The fourth-order valence-electron chi connectivity index (χ4n) is 1.35. The first-order chi connectivity index (χ1) is 6.48. The standard InChI is InChI=1S/C10H10FNOS/c1-10(2,11)9-7-4-3-6(13)5-8(7)14-12-9/h3-5,13H,1-2H3. The fraction of sp³-hybridized carbons (Fsp3) is 0.300. The van der Waals surface area contributed by atoms with Gasteiger partial charge in [-0.3, -0.25) is 0 Å². The first-order valence-corrected chi connectivity index (χ1v) is 5.03. The van der Waals surface area contributed by atoms with Gasteiger partial charge >= 0.3 is 0 Å². The minimum atomic E-state index is -1.44. The predicted molar refractivity (Wildman–Crippen MR) is 55.4 cm³/mol. The summed E-state index contributed by atoms with van der Waals surface area (Å²) < 4.78 is 18.5. The minimum Gasteiger partial charge on any atom is -0.508 e. The smallest absolute Gasteiger partial charge is 0.148 e. The van der Waals surface area contributed by atoms with Crippen LogP contribution < -0.4 is 0 Å². The quantitative estimate of drug-likeness (QED) is 0.785. The molecule has 74 valence electrons. The Morgan fingerprint density at radius 3 is 2.79 bits per heavy atom. The number of phenols is 1. The Hall–Kier alpha value is -1.16. The van der Waals surface area contributed by atoms with E-state index in [1.807, 2.05) is 0 Å². The highest BCUT2D eigenvalue weighted by molar-refractivity contribution is 7.13. The second-order valence-corrected chi connectivity index (χ2v) is 4.49. The number of alkyl halides is 1. The lowest BCUT2D eigenvalue weighted by Crippen LogP contribution is -2.09. The first kappa shape index (κ1) is 9.40. The van der Waals surface area contributed by atoms with Gasteiger partial charge in [0.25, 0.3) is 0 Å². The second kappa shape index (κ2) is 2.92. The van der Waals surface area contributed by atoms with Crippen molar-refractivity contribution in [2.24, 2.45) is 0 Å². The van der Waals surface area contributed by atoms with Crippen LogP contribution in [0.4, 0.5) is 4.39 Å². The van der Waals surface area contributed by atoms with E-state index in [0.29, 0.717) is 5.69 Å². The van der Waals surface area contributed by atoms with E-state index in [0.717, 1.165) is 10.1 Å². The summed E-state index contributed by atoms with van der Waals surface area (Å²) >= 11 is 1.20. The van der Waals surface area contributed by atoms with Gasteiger partial charge in [0, 0.05) is 5.39 Å². The Morgan fingerprint density at radius 1 is 1.43 bits per heavy atom. The van der Waals surface area contributed by atoms with Crippen molar-refractivity contribution >= 4 is 21.6 Å². The van der Waals surface area contributed by atoms with Gasteiger partial charge in [-0.2, -0.15) is 4.37 Å². The van der Waals surface area contributed by atoms with Gasteiger partial charge in [0.15, 0.2) is 0 Å². The lowest BCUT2D eigenvalue weighted by atomic mass is 10.0. The monoisotopic (exact) mass is 211 g/mol. The molecule has 1 aromatic heterocycles. The lowest BCUT2D eigenvalue weighted by Gasteiger charge is -2.10. The third kappa shape index (κ3) is 1.46. The molecule has 0 aliphatic heterocycles. The topological polar surface area (TPSA) is 33.1 Å². The number of fused-ring (bicyclic) bond motifs is 1. The van der Waals surface area contributed by atoms with Crippen LogP contribution in [0.1, 0.15) is 19.5 Å². The van der Waals surface area contributed by atoms with Crippen molar-refractivity contribution < 1.29 is 9.50 Å². The van der Waals surface area contributed by atoms with E-state index in [-0.39, 0.29) is 5.75 Å². The van der Waals surface area contributed by atoms with Gasteiger partial charge in [-0.1, -0.05) is 0 Å². The molecule has 0 saturated heterocycles. The van der Waals surface area contributed by atoms with Gasteiger partial charge in [-0.05, 0) is 43.6 Å². The van der Waals surface area contributed by atoms with Crippen molar-refractivity contribution in [1.29, 1.82) is 0 Å². The van der Waals surface area contributed by atoms with E-state index in [1.54, 1.807) is 18.2 Å². The maximum absolute atomic E-state index is 13.7. The number of aromatic nitrogens is 1. The Morgan fingerprint density at radius 2 is 2.14 bits per heavy atom. The summed E-state index contributed by atoms with van der Waals surface area (Å²) in [5.74, 6) is 0.185. The van der Waals surface area contributed by atoms with Crippen molar-refractivity contribution in [3.05, 3.63) is 23.9 Å². The van der Waals surface area contributed by atoms with Gasteiger partial charge in [0.2, 0.25) is 0 Å². The zero-order valence-electron chi connectivity index (χ0n) is 7.91. The molecule has 0 radical (unpaired) electrons. The molecule has 2 nitrogen and oxygen atoms in total.